The second kappa shape index (κ2) is 8.59. The van der Waals surface area contributed by atoms with Gasteiger partial charge in [0.1, 0.15) is 18.9 Å². The molecule has 4 rings (SSSR count). The summed E-state index contributed by atoms with van der Waals surface area (Å²) in [6, 6.07) is 3.11. The van der Waals surface area contributed by atoms with Crippen molar-refractivity contribution in [3.05, 3.63) is 34.6 Å². The molecule has 0 aliphatic carbocycles. The Hall–Kier alpha value is -2.85. The summed E-state index contributed by atoms with van der Waals surface area (Å²) in [6.45, 7) is 1.70. The third-order valence-corrected chi connectivity index (χ3v) is 6.71. The van der Waals surface area contributed by atoms with Gasteiger partial charge in [0.2, 0.25) is 5.91 Å². The highest BCUT2D eigenvalue weighted by atomic mass is 35.5. The van der Waals surface area contributed by atoms with E-state index in [1.807, 2.05) is 0 Å². The van der Waals surface area contributed by atoms with Gasteiger partial charge in [0.15, 0.2) is 0 Å². The van der Waals surface area contributed by atoms with Gasteiger partial charge in [-0.2, -0.15) is 0 Å². The number of hydrogen-bond acceptors (Lipinski definition) is 5. The minimum Gasteiger partial charge on any atom is -0.369 e. The summed E-state index contributed by atoms with van der Waals surface area (Å²) < 4.78 is 16.3. The van der Waals surface area contributed by atoms with Crippen LogP contribution >= 0.6 is 11.6 Å². The molecule has 1 unspecified atom stereocenters. The normalized spacial score (nSPS) is 22.5. The lowest BCUT2D eigenvalue weighted by atomic mass is 9.96. The van der Waals surface area contributed by atoms with E-state index in [0.29, 0.717) is 44.1 Å². The Kier molecular flexibility index (Phi) is 6.00. The van der Waals surface area contributed by atoms with Crippen molar-refractivity contribution in [2.24, 2.45) is 16.6 Å². The monoisotopic (exact) mass is 463 g/mol. The van der Waals surface area contributed by atoms with Crippen molar-refractivity contribution < 1.29 is 23.3 Å². The van der Waals surface area contributed by atoms with Crippen LogP contribution in [0.25, 0.3) is 0 Å². The van der Waals surface area contributed by atoms with Crippen LogP contribution in [0, 0.1) is 11.7 Å². The molecule has 4 amide bonds. The molecular weight excluding hydrogens is 439 g/mol. The summed E-state index contributed by atoms with van der Waals surface area (Å²) in [5.41, 5.74) is 5.68. The zero-order valence-corrected chi connectivity index (χ0v) is 18.7. The number of urea groups is 1. The fourth-order valence-electron chi connectivity index (χ4n) is 4.39. The number of carbonyl (C=O) groups is 3. The predicted molar refractivity (Wildman–Crippen MR) is 116 cm³/mol. The Labute approximate surface area is 189 Å². The number of likely N-dealkylation sites (tertiary alicyclic amines) is 1. The van der Waals surface area contributed by atoms with Crippen molar-refractivity contribution in [3.63, 3.8) is 0 Å². The minimum atomic E-state index is -0.850. The Morgan fingerprint density at radius 2 is 1.94 bits per heavy atom. The largest absolute Gasteiger partial charge is 0.369 e. The number of amides is 4. The van der Waals surface area contributed by atoms with Crippen LogP contribution in [0.15, 0.2) is 23.2 Å². The average Bonchev–Trinajstić information content (AvgIpc) is 3.11. The molecule has 0 saturated carbocycles. The molecule has 170 valence electrons. The van der Waals surface area contributed by atoms with Crippen LogP contribution in [0.5, 0.6) is 0 Å². The number of rotatable bonds is 5. The molecule has 2 saturated heterocycles. The molecular formula is C21H25ClFN6O3+. The quantitative estimate of drug-likeness (QED) is 0.655. The Morgan fingerprint density at radius 3 is 2.56 bits per heavy atom. The van der Waals surface area contributed by atoms with E-state index < -0.39 is 23.8 Å². The van der Waals surface area contributed by atoms with Crippen LogP contribution in [0.1, 0.15) is 18.4 Å². The van der Waals surface area contributed by atoms with Gasteiger partial charge in [-0.3, -0.25) is 24.3 Å². The number of nitrogens with zero attached hydrogens (tertiary/aromatic N) is 5. The first-order chi connectivity index (χ1) is 15.2. The van der Waals surface area contributed by atoms with Gasteiger partial charge in [-0.15, -0.1) is 0 Å². The highest BCUT2D eigenvalue weighted by molar-refractivity contribution is 6.31. The molecule has 2 fully saturated rings. The topological polar surface area (TPSA) is 102 Å². The molecule has 32 heavy (non-hydrogen) atoms. The molecule has 1 atom stereocenters. The first kappa shape index (κ1) is 22.3. The molecule has 0 bridgehead atoms. The Bertz CT molecular complexity index is 1030. The van der Waals surface area contributed by atoms with Crippen LogP contribution in [-0.4, -0.2) is 88.6 Å². The molecule has 9 nitrogen and oxygen atoms in total. The number of halogens is 2. The SMILES string of the molecule is CN1C(=O)C2C(=NC(CN3CCC(C(N)=O)CC3)=[N+]2Cc2c(F)cccc2Cl)N(C)C1=O. The lowest BCUT2D eigenvalue weighted by Gasteiger charge is -2.31. The number of aliphatic imine (C=N–C) groups is 1. The molecule has 0 radical (unpaired) electrons. The molecule has 3 aliphatic rings. The van der Waals surface area contributed by atoms with Crippen molar-refractivity contribution in [1.82, 2.24) is 14.7 Å². The number of carbonyl (C=O) groups excluding carboxylic acids is 3. The van der Waals surface area contributed by atoms with Crippen molar-refractivity contribution in [2.75, 3.05) is 33.7 Å². The van der Waals surface area contributed by atoms with E-state index >= 15 is 0 Å². The van der Waals surface area contributed by atoms with Crippen LogP contribution in [0.4, 0.5) is 9.18 Å². The molecule has 0 spiro atoms. The average molecular weight is 464 g/mol. The van der Waals surface area contributed by atoms with Crippen molar-refractivity contribution in [2.45, 2.75) is 25.4 Å². The number of primary amides is 1. The van der Waals surface area contributed by atoms with Crippen LogP contribution < -0.4 is 5.73 Å². The maximum absolute atomic E-state index is 14.6. The molecule has 1 aromatic carbocycles. The van der Waals surface area contributed by atoms with Gasteiger partial charge in [0.25, 0.3) is 17.8 Å². The highest BCUT2D eigenvalue weighted by Crippen LogP contribution is 2.26. The van der Waals surface area contributed by atoms with Gasteiger partial charge in [-0.1, -0.05) is 17.7 Å². The second-order valence-electron chi connectivity index (χ2n) is 8.31. The van der Waals surface area contributed by atoms with Gasteiger partial charge in [0.05, 0.1) is 5.02 Å². The number of amidine groups is 2. The molecule has 3 heterocycles. The summed E-state index contributed by atoms with van der Waals surface area (Å²) in [5.74, 6) is -0.497. The summed E-state index contributed by atoms with van der Waals surface area (Å²) in [5, 5.41) is 0.251. The van der Waals surface area contributed by atoms with Crippen molar-refractivity contribution >= 4 is 41.1 Å². The van der Waals surface area contributed by atoms with E-state index in [2.05, 4.69) is 9.89 Å². The van der Waals surface area contributed by atoms with Gasteiger partial charge in [-0.05, 0) is 43.1 Å². The fraction of sp³-hybridized carbons (Fsp3) is 0.476. The van der Waals surface area contributed by atoms with E-state index in [1.165, 1.54) is 24.1 Å². The first-order valence-corrected chi connectivity index (χ1v) is 10.8. The number of benzene rings is 1. The van der Waals surface area contributed by atoms with Gasteiger partial charge in [0, 0.05) is 25.6 Å². The van der Waals surface area contributed by atoms with E-state index in [4.69, 9.17) is 17.3 Å². The number of likely N-dealkylation sites (N-methyl/N-ethyl adjacent to an activating group) is 2. The Balaban J connectivity index is 1.68. The first-order valence-electron chi connectivity index (χ1n) is 10.4. The lowest BCUT2D eigenvalue weighted by Crippen LogP contribution is -2.61. The van der Waals surface area contributed by atoms with Crippen molar-refractivity contribution in [3.8, 4) is 0 Å². The van der Waals surface area contributed by atoms with Crippen molar-refractivity contribution in [1.29, 1.82) is 0 Å². The summed E-state index contributed by atoms with van der Waals surface area (Å²) >= 11 is 6.26. The van der Waals surface area contributed by atoms with E-state index in [9.17, 15) is 18.8 Å². The Morgan fingerprint density at radius 1 is 1.25 bits per heavy atom. The van der Waals surface area contributed by atoms with Crippen LogP contribution in [-0.2, 0) is 16.1 Å². The molecule has 11 heteroatoms. The molecule has 1 aromatic rings. The zero-order chi connectivity index (χ0) is 23.2. The fourth-order valence-corrected chi connectivity index (χ4v) is 4.61. The third-order valence-electron chi connectivity index (χ3n) is 6.36. The van der Waals surface area contributed by atoms with E-state index in [0.717, 1.165) is 4.90 Å². The maximum Gasteiger partial charge on any atom is 0.333 e. The minimum absolute atomic E-state index is 0.0257. The lowest BCUT2D eigenvalue weighted by molar-refractivity contribution is -0.552. The maximum atomic E-state index is 14.6. The molecule has 0 aromatic heterocycles. The van der Waals surface area contributed by atoms with E-state index in [-0.39, 0.29) is 29.0 Å². The number of fused-ring (bicyclic) bond motifs is 1. The van der Waals surface area contributed by atoms with Gasteiger partial charge >= 0.3 is 11.9 Å². The van der Waals surface area contributed by atoms with E-state index in [1.54, 1.807) is 17.7 Å². The summed E-state index contributed by atoms with van der Waals surface area (Å²) in [4.78, 5) is 46.1. The molecule has 2 N–H and O–H groups in total. The number of piperidine rings is 1. The standard InChI is InChI=1S/C21H24ClFN6O3/c1-26-19-17(20(31)27(2)21(26)32)29(10-13-14(22)4-3-5-15(13)23)16(25-19)11-28-8-6-12(7-9-28)18(24)30/h3-5,12,17H,6-11H2,1-2H3,(H-,24,30)/p+1. The number of imide groups is 1. The number of nitrogens with two attached hydrogens (primary N) is 1. The van der Waals surface area contributed by atoms with Gasteiger partial charge < -0.3 is 5.73 Å². The smallest absolute Gasteiger partial charge is 0.333 e. The summed E-state index contributed by atoms with van der Waals surface area (Å²) in [7, 11) is 2.98. The van der Waals surface area contributed by atoms with Crippen LogP contribution in [0.3, 0.4) is 0 Å². The summed E-state index contributed by atoms with van der Waals surface area (Å²) in [6.07, 6.45) is 1.28. The zero-order valence-electron chi connectivity index (χ0n) is 17.9. The molecule has 3 aliphatic heterocycles. The third kappa shape index (κ3) is 3.88. The highest BCUT2D eigenvalue weighted by Gasteiger charge is 2.53. The second-order valence-corrected chi connectivity index (χ2v) is 8.72. The number of hydrogen-bond donors (Lipinski definition) is 1. The van der Waals surface area contributed by atoms with Crippen LogP contribution in [0.2, 0.25) is 5.02 Å². The predicted octanol–water partition coefficient (Wildman–Crippen LogP) is 0.892. The van der Waals surface area contributed by atoms with Gasteiger partial charge in [-0.25, -0.2) is 13.8 Å².